The predicted molar refractivity (Wildman–Crippen MR) is 13.2 cm³/mol. The molecule has 0 saturated heterocycles. The molecule has 0 aliphatic carbocycles. The van der Waals surface area contributed by atoms with Crippen LogP contribution in [0, 0.1) is 12.3 Å². The van der Waals surface area contributed by atoms with Crippen molar-refractivity contribution in [3.63, 3.8) is 0 Å². The molecule has 0 saturated carbocycles. The molecule has 0 aliphatic rings. The smallest absolute Gasteiger partial charge is 0.418 e. The summed E-state index contributed by atoms with van der Waals surface area (Å²) in [5.74, 6) is 0.354. The first kappa shape index (κ1) is 10.4. The van der Waals surface area contributed by atoms with E-state index in [4.69, 9.17) is 6.42 Å². The molecule has 7 heavy (non-hydrogen) atoms. The summed E-state index contributed by atoms with van der Waals surface area (Å²) >= 11 is 0. The summed E-state index contributed by atoms with van der Waals surface area (Å²) in [4.78, 5) is 0. The van der Waals surface area contributed by atoms with Gasteiger partial charge in [0.2, 0.25) is 0 Å². The van der Waals surface area contributed by atoms with Gasteiger partial charge in [-0.2, -0.15) is 13.2 Å². The minimum atomic E-state index is -4.54. The molecule has 0 nitrogen and oxygen atoms in total. The molecule has 0 aromatic heterocycles. The van der Waals surface area contributed by atoms with Crippen molar-refractivity contribution in [2.45, 2.75) is 6.18 Å². The monoisotopic (exact) mass is 182 g/mol. The molecule has 0 N–H and O–H groups in total. The second-order valence-electron chi connectivity index (χ2n) is 0.623. The Kier molecular flexibility index (Phi) is 5.15. The van der Waals surface area contributed by atoms with Crippen LogP contribution < -0.4 is 0 Å². The van der Waals surface area contributed by atoms with Gasteiger partial charge in [-0.05, 0) is 0 Å². The predicted octanol–water partition coefficient (Wildman–Crippen LogP) is 1.14. The van der Waals surface area contributed by atoms with Gasteiger partial charge in [-0.15, -0.1) is 0 Å². The van der Waals surface area contributed by atoms with Gasteiger partial charge in [0, 0.05) is 32.7 Å². The van der Waals surface area contributed by atoms with E-state index in [1.165, 1.54) is 0 Å². The van der Waals surface area contributed by atoms with Crippen LogP contribution in [0.3, 0.4) is 0 Å². The van der Waals surface area contributed by atoms with Crippen molar-refractivity contribution in [3.05, 3.63) is 6.42 Å². The zero-order valence-electron chi connectivity index (χ0n) is 3.21. The van der Waals surface area contributed by atoms with Gasteiger partial charge in [0.15, 0.2) is 0 Å². The summed E-state index contributed by atoms with van der Waals surface area (Å²) in [5, 5.41) is 0. The maximum atomic E-state index is 10.5. The van der Waals surface area contributed by atoms with Crippen molar-refractivity contribution in [3.8, 4) is 5.92 Å². The summed E-state index contributed by atoms with van der Waals surface area (Å²) in [7, 11) is 0. The van der Waals surface area contributed by atoms with Gasteiger partial charge < -0.3 is 6.42 Å². The zero-order chi connectivity index (χ0) is 5.21. The fraction of sp³-hybridized carbons (Fsp3) is 0.333. The fourth-order valence-electron chi connectivity index (χ4n) is 0. The molecule has 0 bridgehead atoms. The van der Waals surface area contributed by atoms with Crippen LogP contribution in [0.1, 0.15) is 0 Å². The topological polar surface area (TPSA) is 0 Å². The summed E-state index contributed by atoms with van der Waals surface area (Å²) in [6, 6.07) is 0. The minimum Gasteiger partial charge on any atom is -0.685 e. The van der Waals surface area contributed by atoms with Crippen LogP contribution in [0.15, 0.2) is 0 Å². The first-order valence-corrected chi connectivity index (χ1v) is 1.07. The van der Waals surface area contributed by atoms with E-state index in [2.05, 4.69) is 0 Å². The third-order valence-corrected chi connectivity index (χ3v) is 0.142. The molecule has 0 heterocycles. The van der Waals surface area contributed by atoms with Crippen molar-refractivity contribution in [2.75, 3.05) is 0 Å². The van der Waals surface area contributed by atoms with Crippen molar-refractivity contribution >= 4 is 0 Å². The van der Waals surface area contributed by atoms with Crippen LogP contribution in [0.5, 0.6) is 0 Å². The molecule has 4 heteroatoms. The summed E-state index contributed by atoms with van der Waals surface area (Å²) in [6.45, 7) is 0. The standard InChI is InChI=1S/C3F3.Y/c1-2-3(4,5)6;/q-1;. The summed E-state index contributed by atoms with van der Waals surface area (Å²) < 4.78 is 31.5. The Balaban J connectivity index is 0. The maximum Gasteiger partial charge on any atom is 0.418 e. The van der Waals surface area contributed by atoms with E-state index in [0.717, 1.165) is 0 Å². The van der Waals surface area contributed by atoms with E-state index < -0.39 is 6.18 Å². The normalized spacial score (nSPS) is 8.86. The molecular weight excluding hydrogens is 182 g/mol. The van der Waals surface area contributed by atoms with E-state index in [1.54, 1.807) is 0 Å². The van der Waals surface area contributed by atoms with Gasteiger partial charge in [0.05, 0.1) is 0 Å². The van der Waals surface area contributed by atoms with Crippen LogP contribution in [0.25, 0.3) is 0 Å². The molecule has 0 amide bonds. The van der Waals surface area contributed by atoms with Crippen molar-refractivity contribution in [1.82, 2.24) is 0 Å². The first-order valence-electron chi connectivity index (χ1n) is 1.07. The molecule has 1 radical (unpaired) electrons. The average Bonchev–Trinajstić information content (AvgIpc) is 1.35. The number of hydrogen-bond acceptors (Lipinski definition) is 0. The van der Waals surface area contributed by atoms with Gasteiger partial charge in [-0.3, -0.25) is 0 Å². The number of rotatable bonds is 0. The van der Waals surface area contributed by atoms with Crippen molar-refractivity contribution < 1.29 is 45.9 Å². The molecule has 37 valence electrons. The van der Waals surface area contributed by atoms with Gasteiger partial charge in [0.25, 0.3) is 0 Å². The Morgan fingerprint density at radius 2 is 1.43 bits per heavy atom. The molecule has 0 spiro atoms. The van der Waals surface area contributed by atoms with Gasteiger partial charge in [-0.1, -0.05) is 0 Å². The molecule has 0 aromatic carbocycles. The van der Waals surface area contributed by atoms with Crippen LogP contribution in [-0.2, 0) is 32.7 Å². The van der Waals surface area contributed by atoms with Gasteiger partial charge in [0.1, 0.15) is 0 Å². The molecule has 0 fully saturated rings. The van der Waals surface area contributed by atoms with E-state index in [0.29, 0.717) is 5.92 Å². The van der Waals surface area contributed by atoms with Crippen LogP contribution in [-0.4, -0.2) is 6.18 Å². The van der Waals surface area contributed by atoms with Crippen molar-refractivity contribution in [1.29, 1.82) is 0 Å². The first-order chi connectivity index (χ1) is 2.56. The Hall–Kier alpha value is 0.454. The Labute approximate surface area is 64.3 Å². The Morgan fingerprint density at radius 1 is 1.29 bits per heavy atom. The second kappa shape index (κ2) is 3.46. The van der Waals surface area contributed by atoms with E-state index in [9.17, 15) is 13.2 Å². The van der Waals surface area contributed by atoms with E-state index in [-0.39, 0.29) is 32.7 Å². The third-order valence-electron chi connectivity index (χ3n) is 0.142. The fourth-order valence-corrected chi connectivity index (χ4v) is 0. The third kappa shape index (κ3) is 10.7. The summed E-state index contributed by atoms with van der Waals surface area (Å²) in [5.41, 5.74) is 0. The molecular formula is C3F3Y-. The van der Waals surface area contributed by atoms with E-state index >= 15 is 0 Å². The molecule has 0 aliphatic heterocycles. The Morgan fingerprint density at radius 3 is 1.43 bits per heavy atom. The van der Waals surface area contributed by atoms with Crippen molar-refractivity contribution in [2.24, 2.45) is 0 Å². The zero-order valence-corrected chi connectivity index (χ0v) is 6.05. The maximum absolute atomic E-state index is 10.5. The average molecular weight is 182 g/mol. The number of halogens is 3. The van der Waals surface area contributed by atoms with E-state index in [1.807, 2.05) is 0 Å². The van der Waals surface area contributed by atoms with Gasteiger partial charge >= 0.3 is 6.18 Å². The molecule has 0 unspecified atom stereocenters. The minimum absolute atomic E-state index is 0. The largest absolute Gasteiger partial charge is 0.685 e. The number of hydrogen-bond donors (Lipinski definition) is 0. The number of alkyl halides is 3. The molecule has 0 aromatic rings. The van der Waals surface area contributed by atoms with Crippen LogP contribution in [0.4, 0.5) is 13.2 Å². The van der Waals surface area contributed by atoms with Crippen LogP contribution >= 0.6 is 0 Å². The van der Waals surface area contributed by atoms with Crippen LogP contribution in [0.2, 0.25) is 0 Å². The molecule has 0 atom stereocenters. The Bertz CT molecular complexity index is 77.2. The quantitative estimate of drug-likeness (QED) is 0.389. The molecule has 0 rings (SSSR count). The summed E-state index contributed by atoms with van der Waals surface area (Å²) in [6.07, 6.45) is 0.938. The SMILES string of the molecule is [C-]#CC(F)(F)F.[Y]. The second-order valence-corrected chi connectivity index (χ2v) is 0.623. The van der Waals surface area contributed by atoms with Gasteiger partial charge in [-0.25, -0.2) is 5.92 Å².